The number of methoxy groups -OCH3 is 2. The number of amides is 2. The molecule has 0 spiro atoms. The van der Waals surface area contributed by atoms with Crippen LogP contribution in [-0.4, -0.2) is 60.8 Å². The van der Waals surface area contributed by atoms with Crippen molar-refractivity contribution in [2.24, 2.45) is 10.5 Å². The summed E-state index contributed by atoms with van der Waals surface area (Å²) in [6.07, 6.45) is 1.93. The van der Waals surface area contributed by atoms with Crippen molar-refractivity contribution in [2.75, 3.05) is 27.3 Å². The maximum absolute atomic E-state index is 13.8. The number of rotatable bonds is 9. The number of carbonyl (C=O) groups excluding carboxylic acids is 2. The Labute approximate surface area is 247 Å². The normalized spacial score (nSPS) is 19.1. The SMILES string of the molecule is CCC1(C)C(=O)N(C2CCN(C(=O)c3cc(OCc4ccccc4)ccc3C)CC2)N=C1c1ccc(OC)c(OC)c1. The first-order valence-electron chi connectivity index (χ1n) is 14.5. The largest absolute Gasteiger partial charge is 0.493 e. The highest BCUT2D eigenvalue weighted by atomic mass is 16.5. The second-order valence-electron chi connectivity index (χ2n) is 11.1. The number of hydrogen-bond donors (Lipinski definition) is 0. The van der Waals surface area contributed by atoms with Crippen LogP contribution in [0.5, 0.6) is 17.2 Å². The van der Waals surface area contributed by atoms with Gasteiger partial charge in [0.2, 0.25) is 0 Å². The number of nitrogens with zero attached hydrogens (tertiary/aromatic N) is 3. The number of hydrazone groups is 1. The Balaban J connectivity index is 1.28. The zero-order valence-corrected chi connectivity index (χ0v) is 25.1. The van der Waals surface area contributed by atoms with E-state index in [9.17, 15) is 9.59 Å². The Morgan fingerprint density at radius 1 is 0.976 bits per heavy atom. The molecule has 2 heterocycles. The van der Waals surface area contributed by atoms with Crippen LogP contribution >= 0.6 is 0 Å². The van der Waals surface area contributed by atoms with Gasteiger partial charge in [-0.25, -0.2) is 5.01 Å². The second-order valence-corrected chi connectivity index (χ2v) is 11.1. The van der Waals surface area contributed by atoms with Gasteiger partial charge in [-0.3, -0.25) is 9.59 Å². The molecule has 2 aliphatic rings. The number of piperidine rings is 1. The van der Waals surface area contributed by atoms with Crippen LogP contribution in [0.15, 0.2) is 71.8 Å². The summed E-state index contributed by atoms with van der Waals surface area (Å²) in [7, 11) is 3.19. The Bertz CT molecular complexity index is 1480. The fourth-order valence-corrected chi connectivity index (χ4v) is 5.69. The molecule has 8 heteroatoms. The summed E-state index contributed by atoms with van der Waals surface area (Å²) in [5.74, 6) is 1.87. The van der Waals surface area contributed by atoms with Crippen molar-refractivity contribution in [3.8, 4) is 17.2 Å². The van der Waals surface area contributed by atoms with E-state index in [0.717, 1.165) is 22.4 Å². The number of benzene rings is 3. The van der Waals surface area contributed by atoms with Crippen molar-refractivity contribution >= 4 is 17.5 Å². The highest BCUT2D eigenvalue weighted by Gasteiger charge is 2.49. The maximum Gasteiger partial charge on any atom is 0.254 e. The molecule has 0 aromatic heterocycles. The van der Waals surface area contributed by atoms with Crippen LogP contribution in [-0.2, 0) is 11.4 Å². The van der Waals surface area contributed by atoms with E-state index >= 15 is 0 Å². The van der Waals surface area contributed by atoms with Crippen molar-refractivity contribution < 1.29 is 23.8 Å². The monoisotopic (exact) mass is 569 g/mol. The fraction of sp³-hybridized carbons (Fsp3) is 0.382. The topological polar surface area (TPSA) is 80.7 Å². The standard InChI is InChI=1S/C34H39N3O5/c1-6-34(3)31(25-13-15-29(40-4)30(20-25)41-5)35-37(33(34)39)26-16-18-36(19-17-26)32(38)28-21-27(14-12-23(28)2)42-22-24-10-8-7-9-11-24/h7-15,20-21,26H,6,16-19,22H2,1-5H3. The summed E-state index contributed by atoms with van der Waals surface area (Å²) in [4.78, 5) is 29.2. The predicted molar refractivity (Wildman–Crippen MR) is 162 cm³/mol. The van der Waals surface area contributed by atoms with Crippen molar-refractivity contribution in [3.05, 3.63) is 89.0 Å². The zero-order chi connectivity index (χ0) is 29.9. The lowest BCUT2D eigenvalue weighted by atomic mass is 9.79. The molecular weight excluding hydrogens is 530 g/mol. The molecule has 1 saturated heterocycles. The third-order valence-corrected chi connectivity index (χ3v) is 8.56. The van der Waals surface area contributed by atoms with Gasteiger partial charge in [-0.1, -0.05) is 43.3 Å². The Kier molecular flexibility index (Phi) is 8.52. The summed E-state index contributed by atoms with van der Waals surface area (Å²) in [6, 6.07) is 21.2. The van der Waals surface area contributed by atoms with E-state index < -0.39 is 5.41 Å². The number of likely N-dealkylation sites (tertiary alicyclic amines) is 1. The molecule has 5 rings (SSSR count). The quantitative estimate of drug-likeness (QED) is 0.323. The molecule has 0 bridgehead atoms. The van der Waals surface area contributed by atoms with Gasteiger partial charge in [-0.15, -0.1) is 0 Å². The van der Waals surface area contributed by atoms with E-state index in [0.29, 0.717) is 61.8 Å². The van der Waals surface area contributed by atoms with Crippen LogP contribution in [0.25, 0.3) is 0 Å². The molecule has 2 aliphatic heterocycles. The Morgan fingerprint density at radius 2 is 1.69 bits per heavy atom. The van der Waals surface area contributed by atoms with E-state index in [1.807, 2.05) is 92.4 Å². The van der Waals surface area contributed by atoms with Crippen molar-refractivity contribution in [1.29, 1.82) is 0 Å². The molecule has 0 N–H and O–H groups in total. The van der Waals surface area contributed by atoms with Crippen LogP contribution in [0, 0.1) is 12.3 Å². The third-order valence-electron chi connectivity index (χ3n) is 8.56. The van der Waals surface area contributed by atoms with Crippen LogP contribution in [0.4, 0.5) is 0 Å². The van der Waals surface area contributed by atoms with Gasteiger partial charge in [0.15, 0.2) is 11.5 Å². The first-order valence-corrected chi connectivity index (χ1v) is 14.5. The molecular formula is C34H39N3O5. The molecule has 0 radical (unpaired) electrons. The van der Waals surface area contributed by atoms with Crippen LogP contribution in [0.3, 0.4) is 0 Å². The maximum atomic E-state index is 13.8. The smallest absolute Gasteiger partial charge is 0.254 e. The van der Waals surface area contributed by atoms with E-state index in [2.05, 4.69) is 0 Å². The van der Waals surface area contributed by atoms with Gasteiger partial charge in [0.05, 0.1) is 31.4 Å². The van der Waals surface area contributed by atoms with Gasteiger partial charge in [-0.05, 0) is 74.6 Å². The molecule has 8 nitrogen and oxygen atoms in total. The number of ether oxygens (including phenoxy) is 3. The fourth-order valence-electron chi connectivity index (χ4n) is 5.69. The number of aryl methyl sites for hydroxylation is 1. The molecule has 1 fully saturated rings. The molecule has 1 atom stereocenters. The molecule has 220 valence electrons. The highest BCUT2D eigenvalue weighted by Crippen LogP contribution is 2.40. The van der Waals surface area contributed by atoms with Crippen LogP contribution < -0.4 is 14.2 Å². The van der Waals surface area contributed by atoms with E-state index in [-0.39, 0.29) is 17.9 Å². The highest BCUT2D eigenvalue weighted by molar-refractivity contribution is 6.19. The van der Waals surface area contributed by atoms with Gasteiger partial charge in [0.1, 0.15) is 12.4 Å². The average molecular weight is 570 g/mol. The molecule has 2 amide bonds. The van der Waals surface area contributed by atoms with Crippen molar-refractivity contribution in [2.45, 2.75) is 52.7 Å². The molecule has 42 heavy (non-hydrogen) atoms. The first kappa shape index (κ1) is 29.2. The van der Waals surface area contributed by atoms with Gasteiger partial charge in [0, 0.05) is 24.2 Å². The van der Waals surface area contributed by atoms with Gasteiger partial charge >= 0.3 is 0 Å². The summed E-state index contributed by atoms with van der Waals surface area (Å²) in [6.45, 7) is 7.45. The Hall–Kier alpha value is -4.33. The summed E-state index contributed by atoms with van der Waals surface area (Å²) >= 11 is 0. The van der Waals surface area contributed by atoms with Gasteiger partial charge < -0.3 is 19.1 Å². The first-order chi connectivity index (χ1) is 20.3. The minimum atomic E-state index is -0.746. The second kappa shape index (κ2) is 12.3. The lowest BCUT2D eigenvalue weighted by Crippen LogP contribution is -2.48. The summed E-state index contributed by atoms with van der Waals surface area (Å²) in [5.41, 5.74) is 3.45. The number of hydrogen-bond acceptors (Lipinski definition) is 6. The van der Waals surface area contributed by atoms with Crippen molar-refractivity contribution in [1.82, 2.24) is 9.91 Å². The minimum absolute atomic E-state index is 0.00123. The summed E-state index contributed by atoms with van der Waals surface area (Å²) < 4.78 is 16.9. The third kappa shape index (κ3) is 5.58. The summed E-state index contributed by atoms with van der Waals surface area (Å²) in [5, 5.41) is 6.57. The molecule has 0 saturated carbocycles. The zero-order valence-electron chi connectivity index (χ0n) is 25.1. The van der Waals surface area contributed by atoms with E-state index in [1.165, 1.54) is 0 Å². The predicted octanol–water partition coefficient (Wildman–Crippen LogP) is 5.86. The lowest BCUT2D eigenvalue weighted by molar-refractivity contribution is -0.138. The van der Waals surface area contributed by atoms with Crippen LogP contribution in [0.2, 0.25) is 0 Å². The average Bonchev–Trinajstić information content (AvgIpc) is 3.30. The number of carbonyl (C=O) groups is 2. The van der Waals surface area contributed by atoms with Gasteiger partial charge in [0.25, 0.3) is 11.8 Å². The van der Waals surface area contributed by atoms with Crippen LogP contribution in [0.1, 0.15) is 60.2 Å². The molecule has 3 aromatic rings. The molecule has 3 aromatic carbocycles. The molecule has 0 aliphatic carbocycles. The molecule has 1 unspecified atom stereocenters. The van der Waals surface area contributed by atoms with Crippen molar-refractivity contribution in [3.63, 3.8) is 0 Å². The van der Waals surface area contributed by atoms with Gasteiger partial charge in [-0.2, -0.15) is 5.10 Å². The minimum Gasteiger partial charge on any atom is -0.493 e. The van der Waals surface area contributed by atoms with E-state index in [4.69, 9.17) is 19.3 Å². The van der Waals surface area contributed by atoms with E-state index in [1.54, 1.807) is 19.2 Å². The lowest BCUT2D eigenvalue weighted by Gasteiger charge is -2.36. The Morgan fingerprint density at radius 3 is 2.36 bits per heavy atom.